The smallest absolute Gasteiger partial charge is 0.241 e. The Labute approximate surface area is 171 Å². The summed E-state index contributed by atoms with van der Waals surface area (Å²) < 4.78 is 21.8. The molecule has 0 aromatic heterocycles. The predicted octanol–water partition coefficient (Wildman–Crippen LogP) is 3.89. The number of carbonyl (C=O) groups excluding carboxylic acids is 1. The van der Waals surface area contributed by atoms with Crippen LogP contribution in [0.3, 0.4) is 0 Å². The number of methoxy groups -OCH3 is 1. The molecule has 29 heavy (non-hydrogen) atoms. The first kappa shape index (κ1) is 20.8. The molecule has 0 aliphatic carbocycles. The normalized spacial score (nSPS) is 14.2. The molecular formula is C22H28N2O5. The second-order valence-corrected chi connectivity index (χ2v) is 6.93. The van der Waals surface area contributed by atoms with Gasteiger partial charge in [-0.05, 0) is 50.1 Å². The molecule has 156 valence electrons. The van der Waals surface area contributed by atoms with Gasteiger partial charge in [0.15, 0.2) is 23.0 Å². The third kappa shape index (κ3) is 5.12. The van der Waals surface area contributed by atoms with Crippen molar-refractivity contribution < 1.29 is 23.7 Å². The Morgan fingerprint density at radius 2 is 1.90 bits per heavy atom. The number of hydrogen-bond donors (Lipinski definition) is 2. The monoisotopic (exact) mass is 400 g/mol. The minimum atomic E-state index is -0.405. The maximum absolute atomic E-state index is 12.6. The van der Waals surface area contributed by atoms with Crippen molar-refractivity contribution >= 4 is 11.6 Å². The SMILES string of the molecule is CCCOc1ccc(C(C)NC(C)C(=O)Nc2ccc3c(c2)OCO3)cc1OC. The lowest BCUT2D eigenvalue weighted by Gasteiger charge is -2.21. The molecule has 2 aromatic carbocycles. The molecule has 2 atom stereocenters. The zero-order valence-corrected chi connectivity index (χ0v) is 17.3. The predicted molar refractivity (Wildman–Crippen MR) is 111 cm³/mol. The van der Waals surface area contributed by atoms with Crippen LogP contribution >= 0.6 is 0 Å². The van der Waals surface area contributed by atoms with Crippen molar-refractivity contribution in [2.45, 2.75) is 39.3 Å². The molecule has 7 nitrogen and oxygen atoms in total. The van der Waals surface area contributed by atoms with Crippen molar-refractivity contribution in [1.29, 1.82) is 0 Å². The van der Waals surface area contributed by atoms with Gasteiger partial charge in [0, 0.05) is 17.8 Å². The fourth-order valence-electron chi connectivity index (χ4n) is 3.06. The summed E-state index contributed by atoms with van der Waals surface area (Å²) >= 11 is 0. The highest BCUT2D eigenvalue weighted by molar-refractivity contribution is 5.94. The van der Waals surface area contributed by atoms with E-state index in [0.717, 1.165) is 17.7 Å². The van der Waals surface area contributed by atoms with E-state index in [-0.39, 0.29) is 18.7 Å². The van der Waals surface area contributed by atoms with E-state index in [1.165, 1.54) is 0 Å². The summed E-state index contributed by atoms with van der Waals surface area (Å²) in [5, 5.41) is 6.22. The van der Waals surface area contributed by atoms with Gasteiger partial charge in [-0.1, -0.05) is 13.0 Å². The van der Waals surface area contributed by atoms with E-state index >= 15 is 0 Å². The van der Waals surface area contributed by atoms with Gasteiger partial charge >= 0.3 is 0 Å². The van der Waals surface area contributed by atoms with Gasteiger partial charge < -0.3 is 24.3 Å². The Morgan fingerprint density at radius 3 is 2.66 bits per heavy atom. The first-order valence-electron chi connectivity index (χ1n) is 9.79. The molecule has 2 aromatic rings. The van der Waals surface area contributed by atoms with E-state index < -0.39 is 6.04 Å². The van der Waals surface area contributed by atoms with Crippen LogP contribution in [0.5, 0.6) is 23.0 Å². The lowest BCUT2D eigenvalue weighted by Crippen LogP contribution is -2.39. The fourth-order valence-corrected chi connectivity index (χ4v) is 3.06. The maximum atomic E-state index is 12.6. The van der Waals surface area contributed by atoms with E-state index in [1.807, 2.05) is 32.0 Å². The summed E-state index contributed by atoms with van der Waals surface area (Å²) in [5.74, 6) is 2.59. The number of hydrogen-bond acceptors (Lipinski definition) is 6. The molecule has 1 heterocycles. The summed E-state index contributed by atoms with van der Waals surface area (Å²) in [4.78, 5) is 12.6. The Balaban J connectivity index is 1.60. The highest BCUT2D eigenvalue weighted by Crippen LogP contribution is 2.34. The molecule has 1 amide bonds. The zero-order chi connectivity index (χ0) is 20.8. The zero-order valence-electron chi connectivity index (χ0n) is 17.3. The molecule has 1 aliphatic rings. The molecule has 2 N–H and O–H groups in total. The molecule has 0 saturated carbocycles. The number of rotatable bonds is 9. The van der Waals surface area contributed by atoms with Gasteiger partial charge in [-0.25, -0.2) is 0 Å². The van der Waals surface area contributed by atoms with Crippen molar-refractivity contribution in [3.05, 3.63) is 42.0 Å². The third-order valence-electron chi connectivity index (χ3n) is 4.68. The van der Waals surface area contributed by atoms with Crippen LogP contribution < -0.4 is 29.6 Å². The lowest BCUT2D eigenvalue weighted by atomic mass is 10.1. The van der Waals surface area contributed by atoms with Crippen LogP contribution in [0.1, 0.15) is 38.8 Å². The molecule has 3 rings (SSSR count). The van der Waals surface area contributed by atoms with Crippen LogP contribution in [0, 0.1) is 0 Å². The van der Waals surface area contributed by atoms with Crippen LogP contribution in [0.2, 0.25) is 0 Å². The Bertz CT molecular complexity index is 855. The van der Waals surface area contributed by atoms with E-state index in [0.29, 0.717) is 29.5 Å². The maximum Gasteiger partial charge on any atom is 0.241 e. The Morgan fingerprint density at radius 1 is 1.10 bits per heavy atom. The van der Waals surface area contributed by atoms with E-state index in [9.17, 15) is 4.79 Å². The molecule has 0 radical (unpaired) electrons. The number of fused-ring (bicyclic) bond motifs is 1. The van der Waals surface area contributed by atoms with Gasteiger partial charge in [-0.3, -0.25) is 10.1 Å². The largest absolute Gasteiger partial charge is 0.493 e. The topological polar surface area (TPSA) is 78.1 Å². The average Bonchev–Trinajstić information content (AvgIpc) is 3.19. The van der Waals surface area contributed by atoms with Crippen LogP contribution in [0.15, 0.2) is 36.4 Å². The molecular weight excluding hydrogens is 372 g/mol. The van der Waals surface area contributed by atoms with Gasteiger partial charge in [0.2, 0.25) is 12.7 Å². The van der Waals surface area contributed by atoms with Crippen LogP contribution in [-0.4, -0.2) is 32.5 Å². The third-order valence-corrected chi connectivity index (χ3v) is 4.68. The number of anilines is 1. The molecule has 0 spiro atoms. The van der Waals surface area contributed by atoms with Crippen molar-refractivity contribution in [1.82, 2.24) is 5.32 Å². The average molecular weight is 400 g/mol. The minimum Gasteiger partial charge on any atom is -0.493 e. The molecule has 0 fully saturated rings. The first-order chi connectivity index (χ1) is 14.0. The van der Waals surface area contributed by atoms with E-state index in [1.54, 1.807) is 25.3 Å². The minimum absolute atomic E-state index is 0.0540. The summed E-state index contributed by atoms with van der Waals surface area (Å²) in [5.41, 5.74) is 1.67. The summed E-state index contributed by atoms with van der Waals surface area (Å²) in [6.07, 6.45) is 0.929. The quantitative estimate of drug-likeness (QED) is 0.665. The molecule has 2 unspecified atom stereocenters. The van der Waals surface area contributed by atoms with E-state index in [4.69, 9.17) is 18.9 Å². The second kappa shape index (κ2) is 9.52. The number of amides is 1. The summed E-state index contributed by atoms with van der Waals surface area (Å²) in [7, 11) is 1.62. The van der Waals surface area contributed by atoms with Crippen LogP contribution in [-0.2, 0) is 4.79 Å². The van der Waals surface area contributed by atoms with Crippen molar-refractivity contribution in [2.75, 3.05) is 25.8 Å². The van der Waals surface area contributed by atoms with Crippen LogP contribution in [0.25, 0.3) is 0 Å². The highest BCUT2D eigenvalue weighted by atomic mass is 16.7. The van der Waals surface area contributed by atoms with Crippen LogP contribution in [0.4, 0.5) is 5.69 Å². The molecule has 0 bridgehead atoms. The molecule has 7 heteroatoms. The number of ether oxygens (including phenoxy) is 4. The standard InChI is InChI=1S/C22H28N2O5/c1-5-10-27-18-8-6-16(11-20(18)26-4)14(2)23-15(3)22(25)24-17-7-9-19-21(12-17)29-13-28-19/h6-9,11-12,14-15,23H,5,10,13H2,1-4H3,(H,24,25). The number of nitrogens with one attached hydrogen (secondary N) is 2. The Hall–Kier alpha value is -2.93. The number of benzene rings is 2. The molecule has 1 aliphatic heterocycles. The highest BCUT2D eigenvalue weighted by Gasteiger charge is 2.19. The lowest BCUT2D eigenvalue weighted by molar-refractivity contribution is -0.117. The van der Waals surface area contributed by atoms with E-state index in [2.05, 4.69) is 17.6 Å². The van der Waals surface area contributed by atoms with Gasteiger partial charge in [-0.15, -0.1) is 0 Å². The second-order valence-electron chi connectivity index (χ2n) is 6.93. The molecule has 0 saturated heterocycles. The van der Waals surface area contributed by atoms with Gasteiger partial charge in [0.1, 0.15) is 0 Å². The summed E-state index contributed by atoms with van der Waals surface area (Å²) in [6.45, 7) is 6.73. The van der Waals surface area contributed by atoms with Gasteiger partial charge in [-0.2, -0.15) is 0 Å². The Kier molecular flexibility index (Phi) is 6.82. The van der Waals surface area contributed by atoms with Crippen molar-refractivity contribution in [2.24, 2.45) is 0 Å². The van der Waals surface area contributed by atoms with Crippen molar-refractivity contribution in [3.8, 4) is 23.0 Å². The first-order valence-corrected chi connectivity index (χ1v) is 9.79. The van der Waals surface area contributed by atoms with Crippen molar-refractivity contribution in [3.63, 3.8) is 0 Å². The fraction of sp³-hybridized carbons (Fsp3) is 0.409. The van der Waals surface area contributed by atoms with Gasteiger partial charge in [0.05, 0.1) is 19.8 Å². The summed E-state index contributed by atoms with van der Waals surface area (Å²) in [6, 6.07) is 10.7. The van der Waals surface area contributed by atoms with Gasteiger partial charge in [0.25, 0.3) is 0 Å². The number of carbonyl (C=O) groups is 1.